The highest BCUT2D eigenvalue weighted by Crippen LogP contribution is 2.43. The number of imidazole rings is 1. The number of hydrogen-bond acceptors (Lipinski definition) is 4. The van der Waals surface area contributed by atoms with Crippen LogP contribution >= 0.6 is 0 Å². The maximum atomic E-state index is 11.6. The average Bonchev–Trinajstić information content (AvgIpc) is 3.59. The fourth-order valence-corrected chi connectivity index (χ4v) is 8.05. The summed E-state index contributed by atoms with van der Waals surface area (Å²) in [5.41, 5.74) is 13.0. The van der Waals surface area contributed by atoms with Crippen LogP contribution in [-0.2, 0) is 21.7 Å². The van der Waals surface area contributed by atoms with Crippen LogP contribution in [0.5, 0.6) is 5.75 Å². The summed E-state index contributed by atoms with van der Waals surface area (Å²) in [6.45, 7) is 24.6. The third kappa shape index (κ3) is 7.44. The zero-order chi connectivity index (χ0) is 42.1. The SMILES string of the molecule is CC(C)(C)c1ccc(-n2c(-c3cc(C(C)(C)C)ccc3O)nc3c(-c4cc(-c5cc(C(C)(C)C)cc6cccnc56)cc(C(C)(C)c5ccccc5)c4)cccc32)nc1. The largest absolute Gasteiger partial charge is 0.507 e. The molecule has 5 nitrogen and oxygen atoms in total. The van der Waals surface area contributed by atoms with Crippen LogP contribution in [0.15, 0.2) is 134 Å². The molecule has 0 aliphatic carbocycles. The van der Waals surface area contributed by atoms with Gasteiger partial charge in [-0.3, -0.25) is 9.55 Å². The van der Waals surface area contributed by atoms with Crippen LogP contribution in [0.4, 0.5) is 0 Å². The molecule has 3 aromatic heterocycles. The molecule has 0 unspecified atom stereocenters. The third-order valence-electron chi connectivity index (χ3n) is 12.0. The first-order valence-electron chi connectivity index (χ1n) is 20.7. The van der Waals surface area contributed by atoms with E-state index in [9.17, 15) is 5.11 Å². The van der Waals surface area contributed by atoms with Crippen LogP contribution in [-0.4, -0.2) is 24.6 Å². The number of benzene rings is 5. The number of pyridine rings is 2. The van der Waals surface area contributed by atoms with Gasteiger partial charge >= 0.3 is 0 Å². The average molecular weight is 777 g/mol. The standard InChI is InChI=1S/C54H56N4O/c1-51(2,3)38-22-24-46(59)44(31-38)50-57-49-42(20-15-21-45(49)58(50)47-25-23-39(33-56-47)52(4,5)6)35-27-36(30-41(29-35)54(10,11)37-18-13-12-14-19-37)43-32-40(53(7,8)9)28-34-17-16-26-55-48(34)43/h12-33,59H,1-11H3. The number of aromatic hydroxyl groups is 1. The zero-order valence-electron chi connectivity index (χ0n) is 36.4. The number of hydrogen-bond donors (Lipinski definition) is 1. The van der Waals surface area contributed by atoms with E-state index in [1.807, 2.05) is 24.5 Å². The summed E-state index contributed by atoms with van der Waals surface area (Å²) in [6, 6.07) is 43.0. The Hall–Kier alpha value is -6.07. The van der Waals surface area contributed by atoms with Crippen molar-refractivity contribution in [3.8, 4) is 45.2 Å². The molecule has 0 amide bonds. The summed E-state index contributed by atoms with van der Waals surface area (Å²) in [6.07, 6.45) is 3.86. The Morgan fingerprint density at radius 2 is 1.14 bits per heavy atom. The van der Waals surface area contributed by atoms with Gasteiger partial charge in [-0.2, -0.15) is 0 Å². The van der Waals surface area contributed by atoms with E-state index in [2.05, 4.69) is 184 Å². The molecule has 0 saturated carbocycles. The Balaban J connectivity index is 1.44. The van der Waals surface area contributed by atoms with E-state index >= 15 is 0 Å². The van der Waals surface area contributed by atoms with E-state index in [1.54, 1.807) is 6.07 Å². The quantitative estimate of drug-likeness (QED) is 0.183. The molecule has 0 radical (unpaired) electrons. The Kier molecular flexibility index (Phi) is 9.66. The van der Waals surface area contributed by atoms with Crippen molar-refractivity contribution in [1.82, 2.24) is 19.5 Å². The molecule has 0 spiro atoms. The van der Waals surface area contributed by atoms with Gasteiger partial charge in [0, 0.05) is 34.3 Å². The highest BCUT2D eigenvalue weighted by atomic mass is 16.3. The van der Waals surface area contributed by atoms with Crippen LogP contribution in [0.25, 0.3) is 61.4 Å². The van der Waals surface area contributed by atoms with Crippen molar-refractivity contribution in [3.05, 3.63) is 162 Å². The van der Waals surface area contributed by atoms with Crippen molar-refractivity contribution in [2.45, 2.75) is 97.8 Å². The van der Waals surface area contributed by atoms with Crippen molar-refractivity contribution in [3.63, 3.8) is 0 Å². The van der Waals surface area contributed by atoms with Crippen LogP contribution in [0, 0.1) is 0 Å². The van der Waals surface area contributed by atoms with E-state index in [4.69, 9.17) is 15.0 Å². The minimum atomic E-state index is -0.326. The summed E-state index contributed by atoms with van der Waals surface area (Å²) in [4.78, 5) is 15.5. The lowest BCUT2D eigenvalue weighted by molar-refractivity contribution is 0.475. The fourth-order valence-electron chi connectivity index (χ4n) is 8.05. The molecule has 59 heavy (non-hydrogen) atoms. The maximum absolute atomic E-state index is 11.6. The molecule has 0 saturated heterocycles. The Morgan fingerprint density at radius 3 is 1.80 bits per heavy atom. The van der Waals surface area contributed by atoms with Gasteiger partial charge in [0.15, 0.2) is 5.82 Å². The number of aromatic nitrogens is 4. The van der Waals surface area contributed by atoms with Crippen LogP contribution in [0.2, 0.25) is 0 Å². The van der Waals surface area contributed by atoms with Gasteiger partial charge < -0.3 is 5.11 Å². The second-order valence-corrected chi connectivity index (χ2v) is 19.7. The highest BCUT2D eigenvalue weighted by Gasteiger charge is 2.28. The summed E-state index contributed by atoms with van der Waals surface area (Å²) in [5, 5.41) is 12.7. The van der Waals surface area contributed by atoms with Gasteiger partial charge in [0.1, 0.15) is 11.6 Å². The van der Waals surface area contributed by atoms with Gasteiger partial charge in [-0.25, -0.2) is 9.97 Å². The smallest absolute Gasteiger partial charge is 0.150 e. The number of para-hydroxylation sites is 1. The molecule has 3 heterocycles. The summed E-state index contributed by atoms with van der Waals surface area (Å²) in [7, 11) is 0. The van der Waals surface area contributed by atoms with Crippen molar-refractivity contribution in [2.24, 2.45) is 0 Å². The molecular formula is C54H56N4O. The molecule has 1 N–H and O–H groups in total. The lowest BCUT2D eigenvalue weighted by Gasteiger charge is -2.28. The number of nitrogens with zero attached hydrogens (tertiary/aromatic N) is 4. The Morgan fingerprint density at radius 1 is 0.475 bits per heavy atom. The molecule has 0 aliphatic rings. The molecule has 298 valence electrons. The molecule has 0 aliphatic heterocycles. The molecule has 5 heteroatoms. The summed E-state index contributed by atoms with van der Waals surface area (Å²) < 4.78 is 2.11. The molecule has 0 atom stereocenters. The predicted octanol–water partition coefficient (Wildman–Crippen LogP) is 13.9. The van der Waals surface area contributed by atoms with Gasteiger partial charge in [-0.1, -0.05) is 149 Å². The molecular weight excluding hydrogens is 721 g/mol. The second kappa shape index (κ2) is 14.3. The zero-order valence-corrected chi connectivity index (χ0v) is 36.4. The van der Waals surface area contributed by atoms with Gasteiger partial charge in [-0.15, -0.1) is 0 Å². The maximum Gasteiger partial charge on any atom is 0.150 e. The summed E-state index contributed by atoms with van der Waals surface area (Å²) >= 11 is 0. The Bertz CT molecular complexity index is 2840. The van der Waals surface area contributed by atoms with E-state index < -0.39 is 0 Å². The van der Waals surface area contributed by atoms with Crippen molar-refractivity contribution in [2.75, 3.05) is 0 Å². The van der Waals surface area contributed by atoms with E-state index in [0.717, 1.165) is 61.1 Å². The van der Waals surface area contributed by atoms with Crippen molar-refractivity contribution < 1.29 is 5.11 Å². The molecule has 8 aromatic rings. The number of phenolic OH excluding ortho intramolecular Hbond substituents is 1. The first kappa shape index (κ1) is 39.7. The molecule has 5 aromatic carbocycles. The van der Waals surface area contributed by atoms with Crippen LogP contribution in [0.3, 0.4) is 0 Å². The first-order chi connectivity index (χ1) is 27.8. The van der Waals surface area contributed by atoms with Gasteiger partial charge in [0.05, 0.1) is 22.1 Å². The minimum Gasteiger partial charge on any atom is -0.507 e. The van der Waals surface area contributed by atoms with E-state index in [1.165, 1.54) is 16.7 Å². The predicted molar refractivity (Wildman–Crippen MR) is 247 cm³/mol. The van der Waals surface area contributed by atoms with Gasteiger partial charge in [-0.05, 0) is 104 Å². The fraction of sp³-hybridized carbons (Fsp3) is 0.278. The van der Waals surface area contributed by atoms with Crippen LogP contribution < -0.4 is 0 Å². The number of fused-ring (bicyclic) bond motifs is 2. The topological polar surface area (TPSA) is 63.8 Å². The lowest BCUT2D eigenvalue weighted by atomic mass is 9.76. The van der Waals surface area contributed by atoms with Crippen molar-refractivity contribution >= 4 is 21.9 Å². The lowest BCUT2D eigenvalue weighted by Crippen LogP contribution is -2.19. The third-order valence-corrected chi connectivity index (χ3v) is 12.0. The highest BCUT2D eigenvalue weighted by molar-refractivity contribution is 5.99. The second-order valence-electron chi connectivity index (χ2n) is 19.7. The normalized spacial score (nSPS) is 12.7. The molecule has 0 fully saturated rings. The van der Waals surface area contributed by atoms with E-state index in [-0.39, 0.29) is 27.4 Å². The van der Waals surface area contributed by atoms with E-state index in [0.29, 0.717) is 11.4 Å². The number of phenols is 1. The Labute approximate surface area is 349 Å². The molecule has 8 rings (SSSR count). The summed E-state index contributed by atoms with van der Waals surface area (Å²) in [5.74, 6) is 1.56. The molecule has 0 bridgehead atoms. The van der Waals surface area contributed by atoms with Gasteiger partial charge in [0.2, 0.25) is 0 Å². The minimum absolute atomic E-state index is 0.0542. The van der Waals surface area contributed by atoms with Crippen molar-refractivity contribution in [1.29, 1.82) is 0 Å². The van der Waals surface area contributed by atoms with Gasteiger partial charge in [0.25, 0.3) is 0 Å². The monoisotopic (exact) mass is 776 g/mol. The van der Waals surface area contributed by atoms with Crippen LogP contribution in [0.1, 0.15) is 104 Å². The first-order valence-corrected chi connectivity index (χ1v) is 20.7. The number of rotatable bonds is 6.